The average molecular weight is 492 g/mol. The molecule has 2 aromatic carbocycles. The molecule has 8 heteroatoms. The van der Waals surface area contributed by atoms with Crippen molar-refractivity contribution in [3.8, 4) is 0 Å². The fraction of sp³-hybridized carbons (Fsp3) is 0.464. The Morgan fingerprint density at radius 3 is 2.36 bits per heavy atom. The molecule has 36 heavy (non-hydrogen) atoms. The van der Waals surface area contributed by atoms with Crippen LogP contribution in [0.3, 0.4) is 0 Å². The van der Waals surface area contributed by atoms with Gasteiger partial charge in [-0.05, 0) is 50.3 Å². The van der Waals surface area contributed by atoms with Crippen LogP contribution < -0.4 is 10.6 Å². The second-order valence-electron chi connectivity index (χ2n) is 10.5. The maximum atomic E-state index is 14.2. The van der Waals surface area contributed by atoms with Crippen LogP contribution in [0.1, 0.15) is 42.5 Å². The lowest BCUT2D eigenvalue weighted by atomic mass is 9.66. The summed E-state index contributed by atoms with van der Waals surface area (Å²) in [4.78, 5) is 42.9. The summed E-state index contributed by atoms with van der Waals surface area (Å²) in [5, 5.41) is 16.3. The van der Waals surface area contributed by atoms with E-state index in [1.165, 1.54) is 4.90 Å². The number of hydrogen-bond acceptors (Lipinski definition) is 5. The number of amides is 3. The minimum absolute atomic E-state index is 0.270. The lowest BCUT2D eigenvalue weighted by molar-refractivity contribution is -0.148. The van der Waals surface area contributed by atoms with Gasteiger partial charge in [0.15, 0.2) is 0 Å². The van der Waals surface area contributed by atoms with E-state index in [0.717, 1.165) is 11.1 Å². The van der Waals surface area contributed by atoms with Crippen molar-refractivity contribution in [2.75, 3.05) is 19.0 Å². The molecule has 3 heterocycles. The Kier molecular flexibility index (Phi) is 5.92. The highest BCUT2D eigenvalue weighted by molar-refractivity contribution is 6.04. The lowest BCUT2D eigenvalue weighted by Crippen LogP contribution is -2.54. The Balaban J connectivity index is 1.64. The van der Waals surface area contributed by atoms with Crippen LogP contribution in [0.15, 0.2) is 48.5 Å². The first-order chi connectivity index (χ1) is 17.2. The standard InChI is InChI=1S/C28H33N3O5/c1-16-9-8-10-17(2)22(16)30-25(34)23-28-14-13-27(3,36-28)20(24(33)29-4)21(28)26(35)31(23)19(15-32)18-11-6-5-7-12-18/h5-12,19-21,23,32H,13-15H2,1-4H3,(H,29,33)(H,30,34)/t19-,20+,21+,23?,27-,28?/m1/s1. The summed E-state index contributed by atoms with van der Waals surface area (Å²) in [6.07, 6.45) is 1.03. The predicted octanol–water partition coefficient (Wildman–Crippen LogP) is 2.49. The van der Waals surface area contributed by atoms with Gasteiger partial charge in [-0.2, -0.15) is 0 Å². The Hall–Kier alpha value is -3.23. The molecule has 0 aliphatic carbocycles. The number of hydrogen-bond donors (Lipinski definition) is 3. The van der Waals surface area contributed by atoms with Crippen LogP contribution in [-0.2, 0) is 19.1 Å². The zero-order valence-corrected chi connectivity index (χ0v) is 21.1. The van der Waals surface area contributed by atoms with E-state index in [1.807, 2.05) is 69.3 Å². The summed E-state index contributed by atoms with van der Waals surface area (Å²) >= 11 is 0. The molecule has 1 spiro atoms. The summed E-state index contributed by atoms with van der Waals surface area (Å²) in [5.41, 5.74) is 1.21. The summed E-state index contributed by atoms with van der Waals surface area (Å²) in [5.74, 6) is -2.52. The van der Waals surface area contributed by atoms with Crippen molar-refractivity contribution in [1.29, 1.82) is 0 Å². The monoisotopic (exact) mass is 491 g/mol. The highest BCUT2D eigenvalue weighted by atomic mass is 16.5. The maximum absolute atomic E-state index is 14.2. The molecular formula is C28H33N3O5. The Morgan fingerprint density at radius 2 is 1.75 bits per heavy atom. The first-order valence-corrected chi connectivity index (χ1v) is 12.5. The third-order valence-electron chi connectivity index (χ3n) is 8.41. The van der Waals surface area contributed by atoms with Gasteiger partial charge < -0.3 is 25.4 Å². The van der Waals surface area contributed by atoms with Crippen LogP contribution in [0.5, 0.6) is 0 Å². The van der Waals surface area contributed by atoms with Gasteiger partial charge in [0, 0.05) is 12.7 Å². The zero-order valence-electron chi connectivity index (χ0n) is 21.1. The van der Waals surface area contributed by atoms with Crippen LogP contribution in [0, 0.1) is 25.7 Å². The normalized spacial score (nSPS) is 31.3. The second kappa shape index (κ2) is 8.71. The number of rotatable bonds is 6. The van der Waals surface area contributed by atoms with Gasteiger partial charge in [0.25, 0.3) is 0 Å². The second-order valence-corrected chi connectivity index (χ2v) is 10.5. The number of nitrogens with zero attached hydrogens (tertiary/aromatic N) is 1. The van der Waals surface area contributed by atoms with Crippen LogP contribution in [0.2, 0.25) is 0 Å². The van der Waals surface area contributed by atoms with Crippen molar-refractivity contribution in [2.24, 2.45) is 11.8 Å². The van der Waals surface area contributed by atoms with E-state index in [0.29, 0.717) is 24.1 Å². The molecule has 3 fully saturated rings. The van der Waals surface area contributed by atoms with Gasteiger partial charge in [-0.1, -0.05) is 48.5 Å². The molecule has 3 amide bonds. The Morgan fingerprint density at radius 1 is 1.08 bits per heavy atom. The van der Waals surface area contributed by atoms with E-state index in [-0.39, 0.29) is 24.3 Å². The minimum Gasteiger partial charge on any atom is -0.394 e. The number of anilines is 1. The molecule has 0 radical (unpaired) electrons. The van der Waals surface area contributed by atoms with Gasteiger partial charge >= 0.3 is 0 Å². The topological polar surface area (TPSA) is 108 Å². The molecule has 3 N–H and O–H groups in total. The van der Waals surface area contributed by atoms with Gasteiger partial charge in [0.05, 0.1) is 30.1 Å². The molecule has 3 saturated heterocycles. The molecule has 190 valence electrons. The van der Waals surface area contributed by atoms with E-state index in [2.05, 4.69) is 10.6 Å². The lowest BCUT2D eigenvalue weighted by Gasteiger charge is -2.37. The molecule has 3 aliphatic heterocycles. The number of carbonyl (C=O) groups excluding carboxylic acids is 3. The third kappa shape index (κ3) is 3.38. The molecule has 0 aromatic heterocycles. The number of ether oxygens (including phenoxy) is 1. The van der Waals surface area contributed by atoms with Crippen molar-refractivity contribution in [3.63, 3.8) is 0 Å². The van der Waals surface area contributed by atoms with Gasteiger partial charge in [-0.15, -0.1) is 0 Å². The van der Waals surface area contributed by atoms with Gasteiger partial charge in [0.2, 0.25) is 17.7 Å². The van der Waals surface area contributed by atoms with Gasteiger partial charge in [-0.25, -0.2) is 0 Å². The van der Waals surface area contributed by atoms with Crippen LogP contribution in [-0.4, -0.2) is 58.6 Å². The fourth-order valence-corrected chi connectivity index (χ4v) is 6.79. The van der Waals surface area contributed by atoms with E-state index < -0.39 is 35.1 Å². The van der Waals surface area contributed by atoms with Crippen LogP contribution in [0.25, 0.3) is 0 Å². The summed E-state index contributed by atoms with van der Waals surface area (Å²) in [7, 11) is 1.55. The van der Waals surface area contributed by atoms with Crippen molar-refractivity contribution in [3.05, 3.63) is 65.2 Å². The number of likely N-dealkylation sites (tertiary alicyclic amines) is 1. The SMILES string of the molecule is CNC(=O)[C@@H]1[C@H]2C(=O)N([C@H](CO)c3ccccc3)C(C(=O)Nc3c(C)cccc3C)C23CC[C@@]1(C)O3. The largest absolute Gasteiger partial charge is 0.394 e. The number of aliphatic hydroxyl groups excluding tert-OH is 1. The first-order valence-electron chi connectivity index (χ1n) is 12.5. The Bertz CT molecular complexity index is 1200. The summed E-state index contributed by atoms with van der Waals surface area (Å²) in [6, 6.07) is 13.2. The van der Waals surface area contributed by atoms with Gasteiger partial charge in [-0.3, -0.25) is 14.4 Å². The maximum Gasteiger partial charge on any atom is 0.250 e. The molecule has 6 atom stereocenters. The smallest absolute Gasteiger partial charge is 0.250 e. The van der Waals surface area contributed by atoms with Crippen molar-refractivity contribution in [2.45, 2.75) is 56.9 Å². The number of aliphatic hydroxyl groups is 1. The fourth-order valence-electron chi connectivity index (χ4n) is 6.79. The molecule has 8 nitrogen and oxygen atoms in total. The summed E-state index contributed by atoms with van der Waals surface area (Å²) < 4.78 is 6.60. The van der Waals surface area contributed by atoms with Crippen molar-refractivity contribution in [1.82, 2.24) is 10.2 Å². The first kappa shape index (κ1) is 24.5. The molecule has 2 aromatic rings. The molecule has 2 unspecified atom stereocenters. The minimum atomic E-state index is -1.16. The highest BCUT2D eigenvalue weighted by Crippen LogP contribution is 2.64. The van der Waals surface area contributed by atoms with E-state index >= 15 is 0 Å². The third-order valence-corrected chi connectivity index (χ3v) is 8.41. The average Bonchev–Trinajstić information content (AvgIpc) is 3.43. The zero-order chi connectivity index (χ0) is 25.8. The van der Waals surface area contributed by atoms with Crippen molar-refractivity contribution >= 4 is 23.4 Å². The van der Waals surface area contributed by atoms with Crippen LogP contribution >= 0.6 is 0 Å². The molecule has 2 bridgehead atoms. The molecule has 0 saturated carbocycles. The highest BCUT2D eigenvalue weighted by Gasteiger charge is 2.78. The van der Waals surface area contributed by atoms with E-state index in [4.69, 9.17) is 4.74 Å². The van der Waals surface area contributed by atoms with E-state index in [1.54, 1.807) is 7.05 Å². The van der Waals surface area contributed by atoms with E-state index in [9.17, 15) is 19.5 Å². The molecular weight excluding hydrogens is 458 g/mol. The van der Waals surface area contributed by atoms with Gasteiger partial charge in [0.1, 0.15) is 11.6 Å². The number of aryl methyl sites for hydroxylation is 2. The number of carbonyl (C=O) groups is 3. The predicted molar refractivity (Wildman–Crippen MR) is 134 cm³/mol. The number of nitrogens with one attached hydrogen (secondary N) is 2. The Labute approximate surface area is 211 Å². The van der Waals surface area contributed by atoms with Crippen molar-refractivity contribution < 1.29 is 24.2 Å². The quantitative estimate of drug-likeness (QED) is 0.576. The summed E-state index contributed by atoms with van der Waals surface area (Å²) in [6.45, 7) is 5.33. The molecule has 3 aliphatic rings. The number of benzene rings is 2. The molecule has 5 rings (SSSR count). The van der Waals surface area contributed by atoms with Crippen LogP contribution in [0.4, 0.5) is 5.69 Å². The number of para-hydroxylation sites is 1. The number of fused-ring (bicyclic) bond motifs is 1.